The lowest BCUT2D eigenvalue weighted by Crippen LogP contribution is -2.20. The minimum Gasteiger partial charge on any atom is -0.295 e. The molecular formula is C11H13F3O. The highest BCUT2D eigenvalue weighted by molar-refractivity contribution is 5.96. The molecule has 0 amide bonds. The van der Waals surface area contributed by atoms with E-state index in [2.05, 4.69) is 6.58 Å². The minimum absolute atomic E-state index is 0.00878. The Hall–Kier alpha value is -1.06. The van der Waals surface area contributed by atoms with Gasteiger partial charge in [0.25, 0.3) is 0 Å². The van der Waals surface area contributed by atoms with Crippen LogP contribution >= 0.6 is 0 Å². The van der Waals surface area contributed by atoms with Crippen LogP contribution in [0, 0.1) is 5.92 Å². The van der Waals surface area contributed by atoms with Crippen molar-refractivity contribution >= 4 is 5.78 Å². The zero-order valence-corrected chi connectivity index (χ0v) is 8.53. The number of rotatable bonds is 2. The molecule has 0 fully saturated rings. The van der Waals surface area contributed by atoms with E-state index in [0.717, 1.165) is 5.57 Å². The first-order valence-electron chi connectivity index (χ1n) is 4.74. The second kappa shape index (κ2) is 4.21. The predicted octanol–water partition coefficient (Wildman–Crippen LogP) is 3.42. The van der Waals surface area contributed by atoms with Gasteiger partial charge in [-0.1, -0.05) is 18.2 Å². The summed E-state index contributed by atoms with van der Waals surface area (Å²) >= 11 is 0. The van der Waals surface area contributed by atoms with Gasteiger partial charge in [-0.3, -0.25) is 4.79 Å². The third kappa shape index (κ3) is 3.53. The van der Waals surface area contributed by atoms with Crippen molar-refractivity contribution in [2.24, 2.45) is 5.92 Å². The van der Waals surface area contributed by atoms with Gasteiger partial charge in [0.1, 0.15) is 0 Å². The monoisotopic (exact) mass is 218 g/mol. The SMILES string of the molecule is C=C(C)C1CC=C(CC(F)(F)F)C(=O)C1. The van der Waals surface area contributed by atoms with Crippen LogP contribution in [0.15, 0.2) is 23.8 Å². The average Bonchev–Trinajstić information content (AvgIpc) is 2.05. The number of alkyl halides is 3. The molecule has 1 atom stereocenters. The fourth-order valence-electron chi connectivity index (χ4n) is 1.60. The third-order valence-corrected chi connectivity index (χ3v) is 2.53. The highest BCUT2D eigenvalue weighted by Gasteiger charge is 2.33. The molecule has 0 aromatic carbocycles. The maximum atomic E-state index is 12.1. The molecule has 84 valence electrons. The highest BCUT2D eigenvalue weighted by atomic mass is 19.4. The highest BCUT2D eigenvalue weighted by Crippen LogP contribution is 2.32. The van der Waals surface area contributed by atoms with E-state index in [1.807, 2.05) is 0 Å². The van der Waals surface area contributed by atoms with E-state index in [0.29, 0.717) is 6.42 Å². The van der Waals surface area contributed by atoms with Crippen LogP contribution in [0.25, 0.3) is 0 Å². The van der Waals surface area contributed by atoms with Crippen LogP contribution in [0.2, 0.25) is 0 Å². The average molecular weight is 218 g/mol. The summed E-state index contributed by atoms with van der Waals surface area (Å²) in [5.41, 5.74) is 0.755. The smallest absolute Gasteiger partial charge is 0.295 e. The van der Waals surface area contributed by atoms with Crippen molar-refractivity contribution in [3.8, 4) is 0 Å². The number of Topliss-reactive ketones (excluding diaryl/α,β-unsaturated/α-hetero) is 1. The third-order valence-electron chi connectivity index (χ3n) is 2.53. The lowest BCUT2D eigenvalue weighted by molar-refractivity contribution is -0.134. The molecule has 1 unspecified atom stereocenters. The van der Waals surface area contributed by atoms with E-state index in [1.54, 1.807) is 6.92 Å². The minimum atomic E-state index is -4.29. The molecule has 15 heavy (non-hydrogen) atoms. The van der Waals surface area contributed by atoms with Crippen LogP contribution < -0.4 is 0 Å². The van der Waals surface area contributed by atoms with Gasteiger partial charge in [0.15, 0.2) is 5.78 Å². The molecular weight excluding hydrogens is 205 g/mol. The molecule has 1 nitrogen and oxygen atoms in total. The summed E-state index contributed by atoms with van der Waals surface area (Å²) in [6.07, 6.45) is -3.34. The van der Waals surface area contributed by atoms with Crippen LogP contribution in [0.3, 0.4) is 0 Å². The molecule has 0 aromatic heterocycles. The van der Waals surface area contributed by atoms with Crippen molar-refractivity contribution in [3.05, 3.63) is 23.8 Å². The van der Waals surface area contributed by atoms with Crippen molar-refractivity contribution in [2.75, 3.05) is 0 Å². The molecule has 0 radical (unpaired) electrons. The van der Waals surface area contributed by atoms with Crippen LogP contribution in [-0.2, 0) is 4.79 Å². The molecule has 0 spiro atoms. The molecule has 0 saturated heterocycles. The quantitative estimate of drug-likeness (QED) is 0.649. The van der Waals surface area contributed by atoms with Crippen LogP contribution in [-0.4, -0.2) is 12.0 Å². The molecule has 1 aliphatic carbocycles. The van der Waals surface area contributed by atoms with Gasteiger partial charge in [-0.2, -0.15) is 13.2 Å². The Morgan fingerprint density at radius 2 is 2.20 bits per heavy atom. The summed E-state index contributed by atoms with van der Waals surface area (Å²) < 4.78 is 36.2. The van der Waals surface area contributed by atoms with E-state index in [1.165, 1.54) is 6.08 Å². The maximum Gasteiger partial charge on any atom is 0.393 e. The maximum absolute atomic E-state index is 12.1. The van der Waals surface area contributed by atoms with Gasteiger partial charge >= 0.3 is 6.18 Å². The van der Waals surface area contributed by atoms with Crippen molar-refractivity contribution in [3.63, 3.8) is 0 Å². The van der Waals surface area contributed by atoms with E-state index in [-0.39, 0.29) is 17.9 Å². The van der Waals surface area contributed by atoms with Gasteiger partial charge in [-0.05, 0) is 19.3 Å². The number of carbonyl (C=O) groups is 1. The number of ketones is 1. The summed E-state index contributed by atoms with van der Waals surface area (Å²) in [6, 6.07) is 0. The fourth-order valence-corrected chi connectivity index (χ4v) is 1.60. The number of hydrogen-bond acceptors (Lipinski definition) is 1. The first kappa shape index (κ1) is 12.0. The van der Waals surface area contributed by atoms with Crippen LogP contribution in [0.4, 0.5) is 13.2 Å². The van der Waals surface area contributed by atoms with Crippen LogP contribution in [0.5, 0.6) is 0 Å². The molecule has 4 heteroatoms. The van der Waals surface area contributed by atoms with Gasteiger partial charge in [-0.15, -0.1) is 0 Å². The number of hydrogen-bond donors (Lipinski definition) is 0. The standard InChI is InChI=1S/C11H13F3O/c1-7(2)8-3-4-9(10(15)5-8)6-11(12,13)14/h4,8H,1,3,5-6H2,2H3. The molecule has 1 rings (SSSR count). The van der Waals surface area contributed by atoms with E-state index in [9.17, 15) is 18.0 Å². The first-order valence-corrected chi connectivity index (χ1v) is 4.74. The Balaban J connectivity index is 2.70. The van der Waals surface area contributed by atoms with Crippen molar-refractivity contribution in [1.29, 1.82) is 0 Å². The number of allylic oxidation sites excluding steroid dienone is 3. The predicted molar refractivity (Wildman–Crippen MR) is 51.3 cm³/mol. The number of carbonyl (C=O) groups excluding carboxylic acids is 1. The van der Waals surface area contributed by atoms with Crippen LogP contribution in [0.1, 0.15) is 26.2 Å². The second-order valence-corrected chi connectivity index (χ2v) is 3.93. The van der Waals surface area contributed by atoms with Gasteiger partial charge in [-0.25, -0.2) is 0 Å². The van der Waals surface area contributed by atoms with Gasteiger partial charge in [0.05, 0.1) is 6.42 Å². The molecule has 0 aliphatic heterocycles. The molecule has 1 aliphatic rings. The Labute approximate surface area is 86.7 Å². The summed E-state index contributed by atoms with van der Waals surface area (Å²) in [6.45, 7) is 5.50. The molecule has 0 aromatic rings. The Morgan fingerprint density at radius 1 is 1.60 bits per heavy atom. The molecule has 0 heterocycles. The van der Waals surface area contributed by atoms with Crippen molar-refractivity contribution in [2.45, 2.75) is 32.4 Å². The van der Waals surface area contributed by atoms with Crippen molar-refractivity contribution in [1.82, 2.24) is 0 Å². The van der Waals surface area contributed by atoms with E-state index >= 15 is 0 Å². The van der Waals surface area contributed by atoms with E-state index in [4.69, 9.17) is 0 Å². The summed E-state index contributed by atoms with van der Waals surface area (Å²) in [5, 5.41) is 0. The molecule has 0 N–H and O–H groups in total. The summed E-state index contributed by atoms with van der Waals surface area (Å²) in [4.78, 5) is 11.4. The normalized spacial score (nSPS) is 22.5. The largest absolute Gasteiger partial charge is 0.393 e. The zero-order valence-electron chi connectivity index (χ0n) is 8.53. The van der Waals surface area contributed by atoms with E-state index < -0.39 is 18.4 Å². The Kier molecular flexibility index (Phi) is 3.37. The van der Waals surface area contributed by atoms with Gasteiger partial charge in [0.2, 0.25) is 0 Å². The Bertz CT molecular complexity index is 312. The van der Waals surface area contributed by atoms with Gasteiger partial charge < -0.3 is 0 Å². The van der Waals surface area contributed by atoms with Crippen molar-refractivity contribution < 1.29 is 18.0 Å². The second-order valence-electron chi connectivity index (χ2n) is 3.93. The zero-order chi connectivity index (χ0) is 11.6. The first-order chi connectivity index (χ1) is 6.79. The fraction of sp³-hybridized carbons (Fsp3) is 0.545. The number of halogens is 3. The topological polar surface area (TPSA) is 17.1 Å². The summed E-state index contributed by atoms with van der Waals surface area (Å²) in [5.74, 6) is -0.388. The molecule has 0 saturated carbocycles. The Morgan fingerprint density at radius 3 is 2.60 bits per heavy atom. The lowest BCUT2D eigenvalue weighted by atomic mass is 9.84. The van der Waals surface area contributed by atoms with Gasteiger partial charge in [0, 0.05) is 12.0 Å². The summed E-state index contributed by atoms with van der Waals surface area (Å²) in [7, 11) is 0. The molecule has 0 bridgehead atoms. The lowest BCUT2D eigenvalue weighted by Gasteiger charge is -2.21.